The van der Waals surface area contributed by atoms with Crippen LogP contribution in [-0.4, -0.2) is 58.7 Å². The molecule has 0 aromatic heterocycles. The molecule has 0 unspecified atom stereocenters. The third-order valence-electron chi connectivity index (χ3n) is 3.20. The first-order valence-corrected chi connectivity index (χ1v) is 6.03. The van der Waals surface area contributed by atoms with Gasteiger partial charge < -0.3 is 44.5 Å². The lowest BCUT2D eigenvalue weighted by Crippen LogP contribution is -2.54. The lowest BCUT2D eigenvalue weighted by Gasteiger charge is -2.32. The van der Waals surface area contributed by atoms with Crippen LogP contribution in [0.4, 0.5) is 0 Å². The van der Waals surface area contributed by atoms with Crippen molar-refractivity contribution in [3.8, 4) is 0 Å². The number of hydrogen-bond donors (Lipinski definition) is 2. The molecule has 0 radical (unpaired) electrons. The zero-order chi connectivity index (χ0) is 15.5. The highest BCUT2D eigenvalue weighted by molar-refractivity contribution is 5.08. The van der Waals surface area contributed by atoms with Crippen molar-refractivity contribution >= 4 is 0 Å². The van der Waals surface area contributed by atoms with E-state index in [4.69, 9.17) is 34.3 Å². The predicted molar refractivity (Wildman–Crippen MR) is 66.1 cm³/mol. The number of fused-ring (bicyclic) bond motifs is 1. The fourth-order valence-electron chi connectivity index (χ4n) is 2.33. The molecule has 10 heteroatoms. The maximum atomic E-state index is 10.6. The van der Waals surface area contributed by atoms with Crippen molar-refractivity contribution in [1.82, 2.24) is 0 Å². The van der Waals surface area contributed by atoms with E-state index in [9.17, 15) is 10.2 Å². The summed E-state index contributed by atoms with van der Waals surface area (Å²) in [4.78, 5) is 8.25. The minimum absolute atomic E-state index is 0. The molecule has 3 heterocycles. The molecular weight excluding hydrogens is 290 g/mol. The minimum atomic E-state index is -1.75. The van der Waals surface area contributed by atoms with Crippen LogP contribution in [0.2, 0.25) is 0 Å². The number of allylic oxidation sites excluding steroid dienone is 2. The van der Waals surface area contributed by atoms with Crippen molar-refractivity contribution in [2.75, 3.05) is 13.2 Å². The SMILES string of the molecule is O=[N+]([O-])[O-].O[C@@H]1CO[C@H]2[C@@H]1OC[C@]2(O)C1OC=CC=CO1.[H+]. The molecule has 0 aliphatic carbocycles. The number of aliphatic hydroxyl groups excluding tert-OH is 1. The summed E-state index contributed by atoms with van der Waals surface area (Å²) in [5.41, 5.74) is -1.42. The molecule has 0 aromatic rings. The van der Waals surface area contributed by atoms with E-state index in [1.807, 2.05) is 0 Å². The zero-order valence-electron chi connectivity index (χ0n) is 11.7. The maximum Gasteiger partial charge on any atom is 1.00 e. The number of nitrogens with zero attached hydrogens (tertiary/aromatic N) is 1. The van der Waals surface area contributed by atoms with Crippen molar-refractivity contribution in [3.05, 3.63) is 40.0 Å². The third kappa shape index (κ3) is 3.24. The Kier molecular flexibility index (Phi) is 4.63. The van der Waals surface area contributed by atoms with E-state index in [1.165, 1.54) is 12.5 Å². The van der Waals surface area contributed by atoms with E-state index in [2.05, 4.69) is 0 Å². The molecule has 118 valence electrons. The fourth-order valence-corrected chi connectivity index (χ4v) is 2.33. The van der Waals surface area contributed by atoms with Crippen LogP contribution < -0.4 is 0 Å². The van der Waals surface area contributed by atoms with E-state index in [0.717, 1.165) is 0 Å². The van der Waals surface area contributed by atoms with E-state index in [0.29, 0.717) is 0 Å². The first kappa shape index (κ1) is 15.5. The maximum absolute atomic E-state index is 10.6. The van der Waals surface area contributed by atoms with E-state index in [-0.39, 0.29) is 14.6 Å². The molecule has 0 saturated carbocycles. The van der Waals surface area contributed by atoms with E-state index in [1.54, 1.807) is 12.2 Å². The van der Waals surface area contributed by atoms with Gasteiger partial charge in [0.1, 0.15) is 18.3 Å². The lowest BCUT2D eigenvalue weighted by atomic mass is 9.95. The fraction of sp³-hybridized carbons (Fsp3) is 0.636. The molecule has 10 nitrogen and oxygen atoms in total. The monoisotopic (exact) mass is 305 g/mol. The number of hydrogen-bond acceptors (Lipinski definition) is 9. The summed E-state index contributed by atoms with van der Waals surface area (Å²) in [5, 5.41) is 34.9. The van der Waals surface area contributed by atoms with Gasteiger partial charge in [-0.3, -0.25) is 0 Å². The number of ether oxygens (including phenoxy) is 4. The molecule has 2 fully saturated rings. The van der Waals surface area contributed by atoms with Crippen molar-refractivity contribution in [3.63, 3.8) is 0 Å². The molecule has 0 amide bonds. The number of rotatable bonds is 1. The van der Waals surface area contributed by atoms with Crippen LogP contribution in [0.15, 0.2) is 24.7 Å². The third-order valence-corrected chi connectivity index (χ3v) is 3.20. The summed E-state index contributed by atoms with van der Waals surface area (Å²) in [6.45, 7) is 0.155. The zero-order valence-corrected chi connectivity index (χ0v) is 10.7. The molecule has 2 N–H and O–H groups in total. The summed E-state index contributed by atoms with van der Waals surface area (Å²) in [5.74, 6) is 0. The summed E-state index contributed by atoms with van der Waals surface area (Å²) < 4.78 is 21.3. The van der Waals surface area contributed by atoms with E-state index < -0.39 is 35.3 Å². The van der Waals surface area contributed by atoms with Gasteiger partial charge in [-0.25, -0.2) is 0 Å². The summed E-state index contributed by atoms with van der Waals surface area (Å²) in [6, 6.07) is 0. The van der Waals surface area contributed by atoms with Crippen LogP contribution in [0.3, 0.4) is 0 Å². The van der Waals surface area contributed by atoms with Gasteiger partial charge >= 0.3 is 1.43 Å². The molecule has 4 atom stereocenters. The Balaban J connectivity index is 0.000000436. The van der Waals surface area contributed by atoms with Gasteiger partial charge in [-0.2, -0.15) is 0 Å². The molecule has 0 bridgehead atoms. The second kappa shape index (κ2) is 6.26. The Morgan fingerprint density at radius 1 is 1.24 bits per heavy atom. The van der Waals surface area contributed by atoms with Gasteiger partial charge in [0.2, 0.25) is 0 Å². The van der Waals surface area contributed by atoms with Crippen molar-refractivity contribution in [1.29, 1.82) is 0 Å². The van der Waals surface area contributed by atoms with Gasteiger partial charge in [0, 0.05) is 0 Å². The predicted octanol–water partition coefficient (Wildman–Crippen LogP) is -0.850. The smallest absolute Gasteiger partial charge is 0.459 e. The summed E-state index contributed by atoms with van der Waals surface area (Å²) in [7, 11) is 0. The molecule has 3 aliphatic heterocycles. The molecule has 0 spiro atoms. The quantitative estimate of drug-likeness (QED) is 0.467. The van der Waals surface area contributed by atoms with Crippen LogP contribution in [0, 0.1) is 15.3 Å². The van der Waals surface area contributed by atoms with Crippen LogP contribution in [0.5, 0.6) is 0 Å². The Hall–Kier alpha value is -1.88. The van der Waals surface area contributed by atoms with Crippen molar-refractivity contribution in [2.24, 2.45) is 0 Å². The molecule has 2 saturated heterocycles. The van der Waals surface area contributed by atoms with Gasteiger partial charge in [0.25, 0.3) is 6.29 Å². The Morgan fingerprint density at radius 2 is 1.81 bits per heavy atom. The molecule has 0 aromatic carbocycles. The second-order valence-electron chi connectivity index (χ2n) is 4.57. The van der Waals surface area contributed by atoms with Gasteiger partial charge in [-0.05, 0) is 12.2 Å². The molecule has 3 aliphatic rings. The van der Waals surface area contributed by atoms with Crippen LogP contribution in [0.25, 0.3) is 0 Å². The number of aliphatic hydroxyl groups is 2. The first-order chi connectivity index (χ1) is 9.95. The van der Waals surface area contributed by atoms with Gasteiger partial charge in [0.15, 0.2) is 5.60 Å². The van der Waals surface area contributed by atoms with Gasteiger partial charge in [-0.15, -0.1) is 0 Å². The summed E-state index contributed by atoms with van der Waals surface area (Å²) in [6.07, 6.45) is 3.40. The summed E-state index contributed by atoms with van der Waals surface area (Å²) >= 11 is 0. The van der Waals surface area contributed by atoms with Crippen LogP contribution >= 0.6 is 0 Å². The average molecular weight is 305 g/mol. The average Bonchev–Trinajstić information content (AvgIpc) is 2.81. The van der Waals surface area contributed by atoms with Gasteiger partial charge in [-0.1, -0.05) is 0 Å². The van der Waals surface area contributed by atoms with Gasteiger partial charge in [0.05, 0.1) is 30.8 Å². The normalized spacial score (nSPS) is 37.7. The Bertz CT molecular complexity index is 427. The Morgan fingerprint density at radius 3 is 2.38 bits per heavy atom. The highest BCUT2D eigenvalue weighted by Crippen LogP contribution is 2.38. The van der Waals surface area contributed by atoms with Crippen LogP contribution in [0.1, 0.15) is 1.43 Å². The lowest BCUT2D eigenvalue weighted by molar-refractivity contribution is -0.402. The highest BCUT2D eigenvalue weighted by atomic mass is 16.9. The standard InChI is InChI=1S/C11H14O6.NO3/c12-7-5-16-9-8(7)17-6-11(9,13)10-14-3-1-2-4-15-10;2-1(3)4/h1-4,7-10,12-13H,5-6H2;/q;-1/p+1/t7-,8-,9+,11-;/m1./s1. The topological polar surface area (TPSA) is 144 Å². The first-order valence-electron chi connectivity index (χ1n) is 6.03. The van der Waals surface area contributed by atoms with Crippen LogP contribution in [-0.2, 0) is 18.9 Å². The van der Waals surface area contributed by atoms with Crippen molar-refractivity contribution < 1.29 is 35.7 Å². The molecule has 3 rings (SSSR count). The largest absolute Gasteiger partial charge is 1.00 e. The highest BCUT2D eigenvalue weighted by Gasteiger charge is 2.61. The molecular formula is C11H15NO9. The van der Waals surface area contributed by atoms with Crippen molar-refractivity contribution in [2.45, 2.75) is 30.2 Å². The minimum Gasteiger partial charge on any atom is -0.459 e. The van der Waals surface area contributed by atoms with E-state index >= 15 is 0 Å². The second-order valence-corrected chi connectivity index (χ2v) is 4.57. The Labute approximate surface area is 120 Å². The molecule has 21 heavy (non-hydrogen) atoms.